The summed E-state index contributed by atoms with van der Waals surface area (Å²) in [6.07, 6.45) is 1.11. The molecule has 144 valence electrons. The zero-order valence-electron chi connectivity index (χ0n) is 15.6. The van der Waals surface area contributed by atoms with Gasteiger partial charge in [0, 0.05) is 5.39 Å². The fraction of sp³-hybridized carbons (Fsp3) is 0.150. The van der Waals surface area contributed by atoms with E-state index in [1.807, 2.05) is 43.3 Å². The molecular weight excluding hydrogens is 394 g/mol. The first-order chi connectivity index (χ1) is 13.4. The van der Waals surface area contributed by atoms with Crippen molar-refractivity contribution < 1.29 is 13.3 Å². The van der Waals surface area contributed by atoms with Gasteiger partial charge in [-0.25, -0.2) is 13.4 Å². The number of thiophene rings is 1. The zero-order valence-corrected chi connectivity index (χ0v) is 17.3. The Morgan fingerprint density at radius 3 is 2.57 bits per heavy atom. The van der Waals surface area contributed by atoms with Crippen LogP contribution in [0.2, 0.25) is 0 Å². The Morgan fingerprint density at radius 1 is 1.11 bits per heavy atom. The van der Waals surface area contributed by atoms with Gasteiger partial charge in [-0.15, -0.1) is 15.8 Å². The molecule has 0 aliphatic carbocycles. The van der Waals surface area contributed by atoms with Crippen molar-refractivity contribution in [2.45, 2.75) is 6.92 Å². The number of rotatable bonds is 5. The monoisotopic (exact) mass is 413 g/mol. The highest BCUT2D eigenvalue weighted by molar-refractivity contribution is 7.91. The molecule has 2 aromatic carbocycles. The van der Waals surface area contributed by atoms with E-state index in [0.717, 1.165) is 43.1 Å². The number of pyridine rings is 1. The molecule has 0 radical (unpaired) electrons. The lowest BCUT2D eigenvalue weighted by Crippen LogP contribution is -2.29. The Labute approximate surface area is 167 Å². The van der Waals surface area contributed by atoms with Crippen LogP contribution in [0, 0.1) is 6.92 Å². The molecule has 0 spiro atoms. The third kappa shape index (κ3) is 3.19. The smallest absolute Gasteiger partial charge is 0.254 e. The highest BCUT2D eigenvalue weighted by Gasteiger charge is 2.21. The number of anilines is 3. The SMILES string of the molecule is CON(c1ccccc1Nc1c2ccccc2nc2c(C)csc12)S(C)(=O)=O. The van der Waals surface area contributed by atoms with Crippen molar-refractivity contribution in [1.29, 1.82) is 0 Å². The Kier molecular flexibility index (Phi) is 4.70. The fourth-order valence-corrected chi connectivity index (χ4v) is 4.98. The van der Waals surface area contributed by atoms with Gasteiger partial charge in [0.2, 0.25) is 0 Å². The molecule has 0 saturated carbocycles. The number of benzene rings is 2. The number of hydrogen-bond donors (Lipinski definition) is 1. The molecule has 0 unspecified atom stereocenters. The van der Waals surface area contributed by atoms with Gasteiger partial charge in [-0.3, -0.25) is 4.84 Å². The van der Waals surface area contributed by atoms with Gasteiger partial charge in [0.05, 0.1) is 40.5 Å². The van der Waals surface area contributed by atoms with Gasteiger partial charge < -0.3 is 5.32 Å². The molecule has 28 heavy (non-hydrogen) atoms. The molecule has 1 N–H and O–H groups in total. The van der Waals surface area contributed by atoms with Crippen molar-refractivity contribution >= 4 is 59.5 Å². The lowest BCUT2D eigenvalue weighted by molar-refractivity contribution is 0.217. The van der Waals surface area contributed by atoms with Crippen molar-refractivity contribution in [3.63, 3.8) is 0 Å². The number of nitrogens with one attached hydrogen (secondary N) is 1. The number of para-hydroxylation sites is 3. The summed E-state index contributed by atoms with van der Waals surface area (Å²) in [5.74, 6) is 0. The maximum atomic E-state index is 12.2. The van der Waals surface area contributed by atoms with Crippen LogP contribution < -0.4 is 9.79 Å². The van der Waals surface area contributed by atoms with Crippen LogP contribution >= 0.6 is 11.3 Å². The van der Waals surface area contributed by atoms with Gasteiger partial charge in [-0.05, 0) is 36.1 Å². The third-order valence-corrected chi connectivity index (χ3v) is 6.46. The summed E-state index contributed by atoms with van der Waals surface area (Å²) in [4.78, 5) is 9.95. The minimum atomic E-state index is -3.60. The summed E-state index contributed by atoms with van der Waals surface area (Å²) in [6, 6.07) is 15.0. The molecule has 0 saturated heterocycles. The first-order valence-electron chi connectivity index (χ1n) is 8.57. The van der Waals surface area contributed by atoms with E-state index < -0.39 is 10.0 Å². The van der Waals surface area contributed by atoms with Crippen molar-refractivity contribution in [3.05, 3.63) is 59.5 Å². The van der Waals surface area contributed by atoms with E-state index >= 15 is 0 Å². The van der Waals surface area contributed by atoms with Gasteiger partial charge >= 0.3 is 0 Å². The molecule has 8 heteroatoms. The number of aryl methyl sites for hydroxylation is 1. The summed E-state index contributed by atoms with van der Waals surface area (Å²) in [6.45, 7) is 2.04. The lowest BCUT2D eigenvalue weighted by atomic mass is 10.1. The Balaban J connectivity index is 1.94. The molecule has 2 aromatic heterocycles. The molecule has 0 bridgehead atoms. The quantitative estimate of drug-likeness (QED) is 0.475. The highest BCUT2D eigenvalue weighted by Crippen LogP contribution is 2.40. The number of hydrogen-bond acceptors (Lipinski definition) is 6. The van der Waals surface area contributed by atoms with E-state index in [1.54, 1.807) is 23.5 Å². The van der Waals surface area contributed by atoms with Crippen molar-refractivity contribution in [3.8, 4) is 0 Å². The number of aromatic nitrogens is 1. The molecule has 6 nitrogen and oxygen atoms in total. The van der Waals surface area contributed by atoms with Crippen LogP contribution in [0.3, 0.4) is 0 Å². The maximum Gasteiger partial charge on any atom is 0.254 e. The molecular formula is C20H19N3O3S2. The lowest BCUT2D eigenvalue weighted by Gasteiger charge is -2.22. The second-order valence-electron chi connectivity index (χ2n) is 6.42. The van der Waals surface area contributed by atoms with Crippen molar-refractivity contribution in [1.82, 2.24) is 4.98 Å². The van der Waals surface area contributed by atoms with Gasteiger partial charge in [-0.1, -0.05) is 30.3 Å². The average molecular weight is 414 g/mol. The van der Waals surface area contributed by atoms with E-state index in [4.69, 9.17) is 9.82 Å². The number of fused-ring (bicyclic) bond motifs is 2. The largest absolute Gasteiger partial charge is 0.352 e. The average Bonchev–Trinajstić information content (AvgIpc) is 3.03. The summed E-state index contributed by atoms with van der Waals surface area (Å²) in [5, 5.41) is 6.49. The predicted molar refractivity (Wildman–Crippen MR) is 116 cm³/mol. The summed E-state index contributed by atoms with van der Waals surface area (Å²) in [7, 11) is -2.27. The maximum absolute atomic E-state index is 12.2. The van der Waals surface area contributed by atoms with Crippen molar-refractivity contribution in [2.75, 3.05) is 23.2 Å². The van der Waals surface area contributed by atoms with Crippen molar-refractivity contribution in [2.24, 2.45) is 0 Å². The molecule has 2 heterocycles. The van der Waals surface area contributed by atoms with E-state index in [-0.39, 0.29) is 0 Å². The van der Waals surface area contributed by atoms with E-state index in [1.165, 1.54) is 7.11 Å². The van der Waals surface area contributed by atoms with Crippen LogP contribution in [0.4, 0.5) is 17.1 Å². The topological polar surface area (TPSA) is 71.5 Å². The number of sulfonamides is 1. The minimum absolute atomic E-state index is 0.412. The first kappa shape index (κ1) is 18.7. The van der Waals surface area contributed by atoms with Crippen LogP contribution in [0.15, 0.2) is 53.9 Å². The van der Waals surface area contributed by atoms with Crippen LogP contribution in [-0.2, 0) is 14.9 Å². The molecule has 0 atom stereocenters. The standard InChI is InChI=1S/C20H19N3O3S2/c1-13-12-27-20-18(13)21-15-9-5-4-8-14(15)19(20)22-16-10-6-7-11-17(16)23(26-2)28(3,24)25/h4-12H,1-3H3,(H,21,22). The molecule has 0 aliphatic rings. The predicted octanol–water partition coefficient (Wildman–Crippen LogP) is 4.83. The van der Waals surface area contributed by atoms with Gasteiger partial charge in [0.25, 0.3) is 10.0 Å². The van der Waals surface area contributed by atoms with Crippen LogP contribution in [0.5, 0.6) is 0 Å². The molecule has 0 amide bonds. The fourth-order valence-electron chi connectivity index (χ4n) is 3.19. The van der Waals surface area contributed by atoms with Gasteiger partial charge in [0.1, 0.15) is 5.69 Å². The molecule has 0 aliphatic heterocycles. The van der Waals surface area contributed by atoms with Crippen LogP contribution in [0.1, 0.15) is 5.56 Å². The Bertz CT molecular complexity index is 1280. The zero-order chi connectivity index (χ0) is 19.9. The van der Waals surface area contributed by atoms with Crippen LogP contribution in [-0.4, -0.2) is 26.8 Å². The summed E-state index contributed by atoms with van der Waals surface area (Å²) in [5.41, 5.74) is 4.86. The normalized spacial score (nSPS) is 11.8. The number of nitrogens with zero attached hydrogens (tertiary/aromatic N) is 2. The van der Waals surface area contributed by atoms with Gasteiger partial charge in [-0.2, -0.15) is 0 Å². The summed E-state index contributed by atoms with van der Waals surface area (Å²) >= 11 is 1.61. The second kappa shape index (κ2) is 7.05. The van der Waals surface area contributed by atoms with Crippen LogP contribution in [0.25, 0.3) is 21.1 Å². The van der Waals surface area contributed by atoms with E-state index in [0.29, 0.717) is 11.4 Å². The van der Waals surface area contributed by atoms with E-state index in [2.05, 4.69) is 10.7 Å². The van der Waals surface area contributed by atoms with E-state index in [9.17, 15) is 8.42 Å². The second-order valence-corrected chi connectivity index (χ2v) is 9.09. The Hall–Kier alpha value is -2.68. The third-order valence-electron chi connectivity index (χ3n) is 4.40. The molecule has 4 aromatic rings. The minimum Gasteiger partial charge on any atom is -0.352 e. The molecule has 0 fully saturated rings. The molecule has 4 rings (SSSR count). The van der Waals surface area contributed by atoms with Gasteiger partial charge in [0.15, 0.2) is 0 Å². The Morgan fingerprint density at radius 2 is 1.82 bits per heavy atom. The highest BCUT2D eigenvalue weighted by atomic mass is 32.2. The first-order valence-corrected chi connectivity index (χ1v) is 11.3. The summed E-state index contributed by atoms with van der Waals surface area (Å²) < 4.78 is 26.3.